The zero-order chi connectivity index (χ0) is 13.1. The number of halogens is 1. The Labute approximate surface area is 118 Å². The van der Waals surface area contributed by atoms with Gasteiger partial charge in [-0.15, -0.1) is 11.3 Å². The molecule has 0 aliphatic rings. The van der Waals surface area contributed by atoms with Crippen LogP contribution in [-0.2, 0) is 11.3 Å². The third-order valence-electron chi connectivity index (χ3n) is 2.47. The lowest BCUT2D eigenvalue weighted by atomic mass is 10.2. The summed E-state index contributed by atoms with van der Waals surface area (Å²) in [6, 6.07) is 9.30. The van der Waals surface area contributed by atoms with Gasteiger partial charge in [0.2, 0.25) is 0 Å². The van der Waals surface area contributed by atoms with Gasteiger partial charge in [0.25, 0.3) is 0 Å². The summed E-state index contributed by atoms with van der Waals surface area (Å²) >= 11 is 4.76. The predicted molar refractivity (Wildman–Crippen MR) is 76.7 cm³/mol. The minimum atomic E-state index is -0.337. The van der Waals surface area contributed by atoms with Crippen LogP contribution < -0.4 is 5.73 Å². The second kappa shape index (κ2) is 5.54. The van der Waals surface area contributed by atoms with Crippen LogP contribution in [0.5, 0.6) is 0 Å². The Balaban J connectivity index is 2.03. The van der Waals surface area contributed by atoms with Crippen molar-refractivity contribution in [1.82, 2.24) is 0 Å². The fourth-order valence-corrected chi connectivity index (χ4v) is 2.66. The van der Waals surface area contributed by atoms with Crippen LogP contribution in [0.15, 0.2) is 34.8 Å². The Hall–Kier alpha value is -1.33. The first-order valence-corrected chi connectivity index (χ1v) is 6.95. The van der Waals surface area contributed by atoms with Crippen molar-refractivity contribution in [3.05, 3.63) is 50.1 Å². The maximum absolute atomic E-state index is 11.8. The summed E-state index contributed by atoms with van der Waals surface area (Å²) in [5, 5.41) is 0. The van der Waals surface area contributed by atoms with Gasteiger partial charge in [-0.3, -0.25) is 0 Å². The molecule has 2 rings (SSSR count). The van der Waals surface area contributed by atoms with Crippen LogP contribution >= 0.6 is 27.3 Å². The number of nitrogens with two attached hydrogens (primary N) is 1. The molecule has 1 heterocycles. The highest BCUT2D eigenvalue weighted by atomic mass is 79.9. The number of ether oxygens (including phenoxy) is 1. The van der Waals surface area contributed by atoms with Crippen molar-refractivity contribution >= 4 is 38.9 Å². The Bertz CT molecular complexity index is 561. The zero-order valence-corrected chi connectivity index (χ0v) is 12.2. The number of esters is 1. The molecule has 0 fully saturated rings. The molecule has 5 heteroatoms. The van der Waals surface area contributed by atoms with Crippen LogP contribution in [0.25, 0.3) is 0 Å². The van der Waals surface area contributed by atoms with Crippen LogP contribution in [-0.4, -0.2) is 5.97 Å². The van der Waals surface area contributed by atoms with Gasteiger partial charge in [-0.2, -0.15) is 0 Å². The molecule has 1 aromatic heterocycles. The molecule has 0 atom stereocenters. The van der Waals surface area contributed by atoms with Gasteiger partial charge in [0.1, 0.15) is 11.5 Å². The minimum Gasteiger partial charge on any atom is -0.457 e. The highest BCUT2D eigenvalue weighted by molar-refractivity contribution is 9.10. The highest BCUT2D eigenvalue weighted by Crippen LogP contribution is 2.24. The largest absolute Gasteiger partial charge is 0.457 e. The van der Waals surface area contributed by atoms with Crippen LogP contribution in [0.1, 0.15) is 20.1 Å². The molecular weight excluding hydrogens is 314 g/mol. The first kappa shape index (κ1) is 13.1. The fourth-order valence-electron chi connectivity index (χ4n) is 1.43. The zero-order valence-electron chi connectivity index (χ0n) is 9.77. The number of anilines is 1. The number of nitrogen functional groups attached to an aromatic ring is 1. The Morgan fingerprint density at radius 1 is 1.44 bits per heavy atom. The molecule has 94 valence electrons. The van der Waals surface area contributed by atoms with E-state index < -0.39 is 0 Å². The SMILES string of the molecule is Cc1sc(C(=O)OCc2ccccc2Br)cc1N. The van der Waals surface area contributed by atoms with E-state index in [2.05, 4.69) is 15.9 Å². The molecule has 0 amide bonds. The van der Waals surface area contributed by atoms with E-state index in [1.54, 1.807) is 6.07 Å². The molecular formula is C13H12BrNO2S. The number of carbonyl (C=O) groups is 1. The van der Waals surface area contributed by atoms with Crippen molar-refractivity contribution in [3.8, 4) is 0 Å². The number of benzene rings is 1. The molecule has 0 radical (unpaired) electrons. The van der Waals surface area contributed by atoms with E-state index in [4.69, 9.17) is 10.5 Å². The predicted octanol–water partition coefficient (Wildman–Crippen LogP) is 3.76. The van der Waals surface area contributed by atoms with E-state index >= 15 is 0 Å². The summed E-state index contributed by atoms with van der Waals surface area (Å²) in [6.45, 7) is 2.13. The molecule has 1 aromatic carbocycles. The van der Waals surface area contributed by atoms with Gasteiger partial charge in [0.15, 0.2) is 0 Å². The van der Waals surface area contributed by atoms with Crippen molar-refractivity contribution in [2.75, 3.05) is 5.73 Å². The van der Waals surface area contributed by atoms with Crippen molar-refractivity contribution in [1.29, 1.82) is 0 Å². The fraction of sp³-hybridized carbons (Fsp3) is 0.154. The summed E-state index contributed by atoms with van der Waals surface area (Å²) in [6.07, 6.45) is 0. The molecule has 0 spiro atoms. The lowest BCUT2D eigenvalue weighted by Gasteiger charge is -2.05. The first-order valence-electron chi connectivity index (χ1n) is 5.34. The van der Waals surface area contributed by atoms with Gasteiger partial charge >= 0.3 is 5.97 Å². The Kier molecular flexibility index (Phi) is 4.04. The van der Waals surface area contributed by atoms with Crippen LogP contribution in [0.2, 0.25) is 0 Å². The number of hydrogen-bond acceptors (Lipinski definition) is 4. The molecule has 0 bridgehead atoms. The summed E-state index contributed by atoms with van der Waals surface area (Å²) in [5.41, 5.74) is 7.27. The lowest BCUT2D eigenvalue weighted by Crippen LogP contribution is -2.03. The molecule has 2 N–H and O–H groups in total. The standard InChI is InChI=1S/C13H12BrNO2S/c1-8-11(15)6-12(18-8)13(16)17-7-9-4-2-3-5-10(9)14/h2-6H,7,15H2,1H3. The van der Waals surface area contributed by atoms with Gasteiger partial charge < -0.3 is 10.5 Å². The van der Waals surface area contributed by atoms with Gasteiger partial charge in [-0.25, -0.2) is 4.79 Å². The van der Waals surface area contributed by atoms with E-state index in [0.29, 0.717) is 10.6 Å². The Morgan fingerprint density at radius 2 is 2.17 bits per heavy atom. The number of rotatable bonds is 3. The number of aryl methyl sites for hydroxylation is 1. The van der Waals surface area contributed by atoms with Crippen molar-refractivity contribution in [2.24, 2.45) is 0 Å². The third-order valence-corrected chi connectivity index (χ3v) is 4.29. The average molecular weight is 326 g/mol. The number of carbonyl (C=O) groups excluding carboxylic acids is 1. The van der Waals surface area contributed by atoms with Crippen LogP contribution in [0.4, 0.5) is 5.69 Å². The van der Waals surface area contributed by atoms with E-state index in [-0.39, 0.29) is 12.6 Å². The van der Waals surface area contributed by atoms with Gasteiger partial charge in [-0.05, 0) is 19.1 Å². The average Bonchev–Trinajstić information content (AvgIpc) is 2.68. The second-order valence-electron chi connectivity index (χ2n) is 3.79. The quantitative estimate of drug-likeness (QED) is 0.874. The molecule has 0 saturated heterocycles. The molecule has 3 nitrogen and oxygen atoms in total. The summed E-state index contributed by atoms with van der Waals surface area (Å²) in [7, 11) is 0. The summed E-state index contributed by atoms with van der Waals surface area (Å²) < 4.78 is 6.18. The van der Waals surface area contributed by atoms with Gasteiger partial charge in [0.05, 0.1) is 0 Å². The number of hydrogen-bond donors (Lipinski definition) is 1. The van der Waals surface area contributed by atoms with Crippen molar-refractivity contribution in [2.45, 2.75) is 13.5 Å². The summed E-state index contributed by atoms with van der Waals surface area (Å²) in [4.78, 5) is 13.3. The lowest BCUT2D eigenvalue weighted by molar-refractivity contribution is 0.0478. The molecule has 0 saturated carbocycles. The second-order valence-corrected chi connectivity index (χ2v) is 5.90. The minimum absolute atomic E-state index is 0.247. The maximum atomic E-state index is 11.8. The van der Waals surface area contributed by atoms with Crippen LogP contribution in [0, 0.1) is 6.92 Å². The first-order chi connectivity index (χ1) is 8.58. The van der Waals surface area contributed by atoms with Crippen molar-refractivity contribution in [3.63, 3.8) is 0 Å². The van der Waals surface area contributed by atoms with E-state index in [9.17, 15) is 4.79 Å². The molecule has 0 aliphatic heterocycles. The van der Waals surface area contributed by atoms with Crippen molar-refractivity contribution < 1.29 is 9.53 Å². The van der Waals surface area contributed by atoms with E-state index in [1.165, 1.54) is 11.3 Å². The smallest absolute Gasteiger partial charge is 0.348 e. The number of thiophene rings is 1. The Morgan fingerprint density at radius 3 is 2.78 bits per heavy atom. The van der Waals surface area contributed by atoms with E-state index in [1.807, 2.05) is 31.2 Å². The summed E-state index contributed by atoms with van der Waals surface area (Å²) in [5.74, 6) is -0.337. The monoisotopic (exact) mass is 325 g/mol. The maximum Gasteiger partial charge on any atom is 0.348 e. The van der Waals surface area contributed by atoms with E-state index in [0.717, 1.165) is 14.9 Å². The van der Waals surface area contributed by atoms with Crippen LogP contribution in [0.3, 0.4) is 0 Å². The molecule has 18 heavy (non-hydrogen) atoms. The highest BCUT2D eigenvalue weighted by Gasteiger charge is 2.12. The molecule has 0 aliphatic carbocycles. The van der Waals surface area contributed by atoms with Gasteiger partial charge in [-0.1, -0.05) is 34.1 Å². The topological polar surface area (TPSA) is 52.3 Å². The molecule has 0 unspecified atom stereocenters. The normalized spacial score (nSPS) is 10.3. The third kappa shape index (κ3) is 2.91. The van der Waals surface area contributed by atoms with Gasteiger partial charge in [0, 0.05) is 20.6 Å². The molecule has 2 aromatic rings.